The highest BCUT2D eigenvalue weighted by molar-refractivity contribution is 5.92. The lowest BCUT2D eigenvalue weighted by Crippen LogP contribution is -2.06. The molecule has 0 aliphatic carbocycles. The highest BCUT2D eigenvalue weighted by Crippen LogP contribution is 2.29. The summed E-state index contributed by atoms with van der Waals surface area (Å²) >= 11 is 0. The van der Waals surface area contributed by atoms with Gasteiger partial charge in [-0.25, -0.2) is 14.6 Å². The number of hydrogen-bond donors (Lipinski definition) is 1. The standard InChI is InChI=1S/C22H22N6O4/c1-15-20-21(23-16(2)24-22(20)27(26-15)18-7-4-3-5-8-18)25-17-9-11-19(12-10-17)31-13-6-14-32-28(29)30/h3-5,7-12H,6,13-14H2,1-2H3,(H,23,24,25). The lowest BCUT2D eigenvalue weighted by molar-refractivity contribution is -0.757. The van der Waals surface area contributed by atoms with Gasteiger partial charge in [0.2, 0.25) is 0 Å². The van der Waals surface area contributed by atoms with Crippen LogP contribution in [0, 0.1) is 24.0 Å². The monoisotopic (exact) mass is 434 g/mol. The molecule has 1 N–H and O–H groups in total. The fourth-order valence-electron chi connectivity index (χ4n) is 3.29. The summed E-state index contributed by atoms with van der Waals surface area (Å²) in [7, 11) is 0. The third-order valence-electron chi connectivity index (χ3n) is 4.69. The van der Waals surface area contributed by atoms with Crippen molar-refractivity contribution in [1.29, 1.82) is 0 Å². The Morgan fingerprint density at radius 3 is 2.50 bits per heavy atom. The molecular formula is C22H22N6O4. The maximum atomic E-state index is 10.1. The normalized spacial score (nSPS) is 10.8. The number of ether oxygens (including phenoxy) is 1. The van der Waals surface area contributed by atoms with E-state index in [-0.39, 0.29) is 6.61 Å². The Kier molecular flexibility index (Phi) is 6.11. The Morgan fingerprint density at radius 1 is 1.03 bits per heavy atom. The van der Waals surface area contributed by atoms with E-state index < -0.39 is 5.09 Å². The number of hydrogen-bond acceptors (Lipinski definition) is 8. The van der Waals surface area contributed by atoms with Gasteiger partial charge in [-0.15, -0.1) is 10.1 Å². The first kappa shape index (κ1) is 21.0. The molecule has 4 rings (SSSR count). The van der Waals surface area contributed by atoms with Gasteiger partial charge in [-0.05, 0) is 50.2 Å². The molecule has 0 fully saturated rings. The van der Waals surface area contributed by atoms with Crippen LogP contribution in [0.25, 0.3) is 16.7 Å². The summed E-state index contributed by atoms with van der Waals surface area (Å²) in [5, 5.41) is 18.2. The predicted octanol–water partition coefficient (Wildman–Crippen LogP) is 4.15. The van der Waals surface area contributed by atoms with Crippen molar-refractivity contribution in [2.75, 3.05) is 18.5 Å². The minimum Gasteiger partial charge on any atom is -0.494 e. The molecule has 164 valence electrons. The van der Waals surface area contributed by atoms with E-state index >= 15 is 0 Å². The molecule has 0 aliphatic rings. The second-order valence-electron chi connectivity index (χ2n) is 7.06. The number of benzene rings is 2. The summed E-state index contributed by atoms with van der Waals surface area (Å²) in [6.45, 7) is 4.11. The van der Waals surface area contributed by atoms with Gasteiger partial charge in [0.05, 0.1) is 30.0 Å². The van der Waals surface area contributed by atoms with E-state index in [1.54, 1.807) is 0 Å². The van der Waals surface area contributed by atoms with E-state index in [9.17, 15) is 10.1 Å². The topological polar surface area (TPSA) is 117 Å². The molecule has 10 nitrogen and oxygen atoms in total. The maximum Gasteiger partial charge on any atom is 0.294 e. The van der Waals surface area contributed by atoms with E-state index in [1.807, 2.05) is 73.1 Å². The van der Waals surface area contributed by atoms with Crippen LogP contribution < -0.4 is 10.1 Å². The summed E-state index contributed by atoms with van der Waals surface area (Å²) in [5.41, 5.74) is 3.32. The Bertz CT molecular complexity index is 1220. The van der Waals surface area contributed by atoms with Gasteiger partial charge in [0.15, 0.2) is 5.65 Å². The zero-order chi connectivity index (χ0) is 22.5. The Morgan fingerprint density at radius 2 is 1.78 bits per heavy atom. The number of aromatic nitrogens is 4. The average molecular weight is 434 g/mol. The highest BCUT2D eigenvalue weighted by Gasteiger charge is 2.16. The van der Waals surface area contributed by atoms with Crippen molar-refractivity contribution in [3.8, 4) is 11.4 Å². The molecule has 4 aromatic rings. The number of aryl methyl sites for hydroxylation is 2. The molecule has 0 unspecified atom stereocenters. The number of nitrogens with zero attached hydrogens (tertiary/aromatic N) is 5. The van der Waals surface area contributed by atoms with Gasteiger partial charge in [0.25, 0.3) is 5.09 Å². The number of nitrogens with one attached hydrogen (secondary N) is 1. The number of fused-ring (bicyclic) bond motifs is 1. The second-order valence-corrected chi connectivity index (χ2v) is 7.06. The Hall–Kier alpha value is -4.21. The highest BCUT2D eigenvalue weighted by atomic mass is 16.9. The molecule has 0 spiro atoms. The Labute approximate surface area is 183 Å². The third-order valence-corrected chi connectivity index (χ3v) is 4.69. The first-order valence-corrected chi connectivity index (χ1v) is 10.1. The van der Waals surface area contributed by atoms with Gasteiger partial charge in [-0.1, -0.05) is 18.2 Å². The van der Waals surface area contributed by atoms with Crippen LogP contribution in [0.15, 0.2) is 54.6 Å². The van der Waals surface area contributed by atoms with E-state index in [2.05, 4.69) is 25.2 Å². The van der Waals surface area contributed by atoms with Crippen molar-refractivity contribution in [1.82, 2.24) is 19.7 Å². The average Bonchev–Trinajstić information content (AvgIpc) is 3.11. The van der Waals surface area contributed by atoms with Crippen molar-refractivity contribution >= 4 is 22.5 Å². The van der Waals surface area contributed by atoms with Gasteiger partial charge >= 0.3 is 0 Å². The SMILES string of the molecule is Cc1nc(Nc2ccc(OCCCO[N+](=O)[O-])cc2)c2c(C)nn(-c3ccccc3)c2n1. The van der Waals surface area contributed by atoms with E-state index in [1.165, 1.54) is 0 Å². The third kappa shape index (κ3) is 4.75. The van der Waals surface area contributed by atoms with Gasteiger partial charge in [-0.3, -0.25) is 0 Å². The van der Waals surface area contributed by atoms with Gasteiger partial charge in [-0.2, -0.15) is 5.10 Å². The molecule has 0 aliphatic heterocycles. The minimum atomic E-state index is -0.808. The van der Waals surface area contributed by atoms with Crippen LogP contribution in [0.2, 0.25) is 0 Å². The maximum absolute atomic E-state index is 10.1. The van der Waals surface area contributed by atoms with Gasteiger partial charge in [0.1, 0.15) is 17.4 Å². The summed E-state index contributed by atoms with van der Waals surface area (Å²) in [5.74, 6) is 1.97. The van der Waals surface area contributed by atoms with Crippen molar-refractivity contribution in [3.63, 3.8) is 0 Å². The lowest BCUT2D eigenvalue weighted by atomic mass is 10.2. The van der Waals surface area contributed by atoms with Crippen LogP contribution in [-0.2, 0) is 4.84 Å². The molecule has 2 aromatic carbocycles. The first-order chi connectivity index (χ1) is 15.5. The largest absolute Gasteiger partial charge is 0.494 e. The molecule has 0 atom stereocenters. The van der Waals surface area contributed by atoms with Crippen molar-refractivity contribution in [2.24, 2.45) is 0 Å². The summed E-state index contributed by atoms with van der Waals surface area (Å²) in [4.78, 5) is 23.6. The molecule has 2 heterocycles. The van der Waals surface area contributed by atoms with E-state index in [0.717, 1.165) is 28.1 Å². The molecule has 10 heteroatoms. The molecule has 32 heavy (non-hydrogen) atoms. The molecule has 2 aromatic heterocycles. The molecular weight excluding hydrogens is 412 g/mol. The summed E-state index contributed by atoms with van der Waals surface area (Å²) < 4.78 is 7.41. The van der Waals surface area contributed by atoms with Crippen LogP contribution in [0.4, 0.5) is 11.5 Å². The van der Waals surface area contributed by atoms with Gasteiger partial charge in [0, 0.05) is 12.1 Å². The van der Waals surface area contributed by atoms with Crippen molar-refractivity contribution < 1.29 is 14.7 Å². The lowest BCUT2D eigenvalue weighted by Gasteiger charge is -2.10. The van der Waals surface area contributed by atoms with Crippen LogP contribution >= 0.6 is 0 Å². The molecule has 0 saturated carbocycles. The van der Waals surface area contributed by atoms with Crippen LogP contribution in [0.3, 0.4) is 0 Å². The predicted molar refractivity (Wildman–Crippen MR) is 119 cm³/mol. The fourth-order valence-corrected chi connectivity index (χ4v) is 3.29. The molecule has 0 radical (unpaired) electrons. The fraction of sp³-hybridized carbons (Fsp3) is 0.227. The molecule has 0 amide bonds. The minimum absolute atomic E-state index is 0.00567. The van der Waals surface area contributed by atoms with Gasteiger partial charge < -0.3 is 14.9 Å². The summed E-state index contributed by atoms with van der Waals surface area (Å²) in [6.07, 6.45) is 0.420. The van der Waals surface area contributed by atoms with Crippen molar-refractivity contribution in [2.45, 2.75) is 20.3 Å². The van der Waals surface area contributed by atoms with Crippen LogP contribution in [0.1, 0.15) is 17.9 Å². The number of rotatable bonds is 9. The molecule has 0 saturated heterocycles. The van der Waals surface area contributed by atoms with Crippen molar-refractivity contribution in [3.05, 3.63) is 76.2 Å². The van der Waals surface area contributed by atoms with E-state index in [4.69, 9.17) is 4.74 Å². The number of para-hydroxylation sites is 1. The van der Waals surface area contributed by atoms with E-state index in [0.29, 0.717) is 30.4 Å². The molecule has 0 bridgehead atoms. The first-order valence-electron chi connectivity index (χ1n) is 10.1. The number of anilines is 2. The smallest absolute Gasteiger partial charge is 0.294 e. The Balaban J connectivity index is 1.52. The zero-order valence-electron chi connectivity index (χ0n) is 17.7. The summed E-state index contributed by atoms with van der Waals surface area (Å²) in [6, 6.07) is 17.3. The van der Waals surface area contributed by atoms with Crippen LogP contribution in [0.5, 0.6) is 5.75 Å². The van der Waals surface area contributed by atoms with Crippen LogP contribution in [-0.4, -0.2) is 38.0 Å². The zero-order valence-corrected chi connectivity index (χ0v) is 17.7. The quantitative estimate of drug-likeness (QED) is 0.237. The second kappa shape index (κ2) is 9.29.